The molecule has 1 aromatic heterocycles. The first-order valence-corrected chi connectivity index (χ1v) is 4.58. The maximum absolute atomic E-state index is 11.2. The number of hydrogen-bond acceptors (Lipinski definition) is 3. The summed E-state index contributed by atoms with van der Waals surface area (Å²) in [5, 5.41) is 13.3. The highest BCUT2D eigenvalue weighted by Crippen LogP contribution is 2.07. The third kappa shape index (κ3) is 2.64. The monoisotopic (exact) mass is 185 g/mol. The van der Waals surface area contributed by atoms with Gasteiger partial charge < -0.3 is 10.4 Å². The van der Waals surface area contributed by atoms with Gasteiger partial charge in [-0.1, -0.05) is 6.07 Å². The number of hydrogen-bond donors (Lipinski definition) is 2. The predicted octanol–water partition coefficient (Wildman–Crippen LogP) is 0.859. The lowest BCUT2D eigenvalue weighted by Crippen LogP contribution is -2.29. The molecule has 2 N–H and O–H groups in total. The summed E-state index contributed by atoms with van der Waals surface area (Å²) in [6, 6.07) is 3.57. The van der Waals surface area contributed by atoms with E-state index >= 15 is 0 Å². The molecule has 12 heavy (non-hydrogen) atoms. The molecule has 1 amide bonds. The van der Waals surface area contributed by atoms with E-state index in [1.807, 2.05) is 11.4 Å². The van der Waals surface area contributed by atoms with E-state index in [1.165, 1.54) is 11.3 Å². The number of thiophene rings is 1. The zero-order chi connectivity index (χ0) is 8.97. The zero-order valence-electron chi connectivity index (χ0n) is 6.78. The van der Waals surface area contributed by atoms with Gasteiger partial charge in [-0.25, -0.2) is 0 Å². The molecule has 0 aromatic carbocycles. The van der Waals surface area contributed by atoms with Gasteiger partial charge in [0.2, 0.25) is 0 Å². The van der Waals surface area contributed by atoms with Crippen molar-refractivity contribution in [1.82, 2.24) is 5.32 Å². The molecule has 1 atom stereocenters. The molecule has 0 spiro atoms. The van der Waals surface area contributed by atoms with Crippen molar-refractivity contribution in [3.8, 4) is 0 Å². The minimum atomic E-state index is -0.492. The van der Waals surface area contributed by atoms with Gasteiger partial charge >= 0.3 is 0 Å². The number of carbonyl (C=O) groups is 1. The van der Waals surface area contributed by atoms with E-state index < -0.39 is 6.10 Å². The van der Waals surface area contributed by atoms with Gasteiger partial charge in [-0.15, -0.1) is 11.3 Å². The van der Waals surface area contributed by atoms with Crippen molar-refractivity contribution in [2.75, 3.05) is 6.54 Å². The summed E-state index contributed by atoms with van der Waals surface area (Å²) < 4.78 is 0. The number of amides is 1. The smallest absolute Gasteiger partial charge is 0.261 e. The molecule has 1 aromatic rings. The summed E-state index contributed by atoms with van der Waals surface area (Å²) in [5.74, 6) is -0.120. The Balaban J connectivity index is 2.40. The van der Waals surface area contributed by atoms with Crippen LogP contribution in [0.4, 0.5) is 0 Å². The number of aliphatic hydroxyl groups is 1. The van der Waals surface area contributed by atoms with E-state index in [0.717, 1.165) is 0 Å². The second kappa shape index (κ2) is 4.23. The van der Waals surface area contributed by atoms with E-state index in [2.05, 4.69) is 5.32 Å². The van der Waals surface area contributed by atoms with Crippen LogP contribution in [0.2, 0.25) is 0 Å². The van der Waals surface area contributed by atoms with Gasteiger partial charge in [-0.2, -0.15) is 0 Å². The van der Waals surface area contributed by atoms with Crippen molar-refractivity contribution < 1.29 is 9.90 Å². The third-order valence-corrected chi connectivity index (χ3v) is 2.17. The molecule has 0 aliphatic carbocycles. The Kier molecular flexibility index (Phi) is 3.25. The van der Waals surface area contributed by atoms with Crippen LogP contribution in [0.1, 0.15) is 16.6 Å². The Morgan fingerprint density at radius 2 is 2.58 bits per heavy atom. The van der Waals surface area contributed by atoms with E-state index in [1.54, 1.807) is 13.0 Å². The molecular formula is C8H11NO2S. The summed E-state index contributed by atoms with van der Waals surface area (Å²) in [7, 11) is 0. The fraction of sp³-hybridized carbons (Fsp3) is 0.375. The molecule has 1 rings (SSSR count). The van der Waals surface area contributed by atoms with E-state index in [9.17, 15) is 4.79 Å². The van der Waals surface area contributed by atoms with Crippen molar-refractivity contribution in [3.63, 3.8) is 0 Å². The lowest BCUT2D eigenvalue weighted by molar-refractivity contribution is 0.0928. The Bertz CT molecular complexity index is 244. The van der Waals surface area contributed by atoms with Crippen molar-refractivity contribution in [2.24, 2.45) is 0 Å². The number of aliphatic hydroxyl groups excluding tert-OH is 1. The van der Waals surface area contributed by atoms with Gasteiger partial charge in [0.05, 0.1) is 11.0 Å². The lowest BCUT2D eigenvalue weighted by atomic mass is 10.4. The first kappa shape index (κ1) is 9.22. The number of nitrogens with one attached hydrogen (secondary N) is 1. The minimum absolute atomic E-state index is 0.120. The van der Waals surface area contributed by atoms with Gasteiger partial charge in [0, 0.05) is 6.54 Å². The molecule has 1 unspecified atom stereocenters. The van der Waals surface area contributed by atoms with Crippen LogP contribution in [0.3, 0.4) is 0 Å². The van der Waals surface area contributed by atoms with Gasteiger partial charge in [0.1, 0.15) is 0 Å². The van der Waals surface area contributed by atoms with Crippen molar-refractivity contribution in [3.05, 3.63) is 22.4 Å². The largest absolute Gasteiger partial charge is 0.392 e. The maximum Gasteiger partial charge on any atom is 0.261 e. The van der Waals surface area contributed by atoms with Crippen molar-refractivity contribution in [1.29, 1.82) is 0 Å². The molecule has 0 saturated heterocycles. The highest BCUT2D eigenvalue weighted by molar-refractivity contribution is 7.12. The fourth-order valence-electron chi connectivity index (χ4n) is 0.735. The SMILES string of the molecule is CC(O)CNC(=O)c1cccs1. The molecule has 0 bridgehead atoms. The molecule has 3 nitrogen and oxygen atoms in total. The van der Waals surface area contributed by atoms with E-state index in [4.69, 9.17) is 5.11 Å². The summed E-state index contributed by atoms with van der Waals surface area (Å²) in [6.45, 7) is 1.94. The highest BCUT2D eigenvalue weighted by atomic mass is 32.1. The molecule has 0 aliphatic rings. The number of rotatable bonds is 3. The second-order valence-corrected chi connectivity index (χ2v) is 3.48. The van der Waals surface area contributed by atoms with E-state index in [0.29, 0.717) is 11.4 Å². The minimum Gasteiger partial charge on any atom is -0.392 e. The first-order chi connectivity index (χ1) is 5.70. The summed E-state index contributed by atoms with van der Waals surface area (Å²) in [5.41, 5.74) is 0. The van der Waals surface area contributed by atoms with Crippen LogP contribution in [0.25, 0.3) is 0 Å². The Labute approximate surface area is 75.0 Å². The van der Waals surface area contributed by atoms with Gasteiger partial charge in [-0.3, -0.25) is 4.79 Å². The van der Waals surface area contributed by atoms with Gasteiger partial charge in [-0.05, 0) is 18.4 Å². The highest BCUT2D eigenvalue weighted by Gasteiger charge is 2.05. The summed E-state index contributed by atoms with van der Waals surface area (Å²) in [4.78, 5) is 11.9. The quantitative estimate of drug-likeness (QED) is 0.733. The van der Waals surface area contributed by atoms with Gasteiger partial charge in [0.25, 0.3) is 5.91 Å². The average molecular weight is 185 g/mol. The molecule has 0 radical (unpaired) electrons. The topological polar surface area (TPSA) is 49.3 Å². The van der Waals surface area contributed by atoms with Crippen LogP contribution in [-0.4, -0.2) is 23.7 Å². The molecule has 4 heteroatoms. The summed E-state index contributed by atoms with van der Waals surface area (Å²) in [6.07, 6.45) is -0.492. The number of carbonyl (C=O) groups excluding carboxylic acids is 1. The average Bonchev–Trinajstić information content (AvgIpc) is 2.51. The van der Waals surface area contributed by atoms with E-state index in [-0.39, 0.29) is 5.91 Å². The molecule has 0 aliphatic heterocycles. The maximum atomic E-state index is 11.2. The van der Waals surface area contributed by atoms with Crippen molar-refractivity contribution >= 4 is 17.2 Å². The Morgan fingerprint density at radius 3 is 3.08 bits per heavy atom. The molecule has 66 valence electrons. The van der Waals surface area contributed by atoms with Crippen LogP contribution in [0, 0.1) is 0 Å². The lowest BCUT2D eigenvalue weighted by Gasteiger charge is -2.04. The fourth-order valence-corrected chi connectivity index (χ4v) is 1.38. The molecular weight excluding hydrogens is 174 g/mol. The predicted molar refractivity (Wildman–Crippen MR) is 48.3 cm³/mol. The van der Waals surface area contributed by atoms with Crippen LogP contribution < -0.4 is 5.32 Å². The first-order valence-electron chi connectivity index (χ1n) is 3.70. The van der Waals surface area contributed by atoms with Crippen molar-refractivity contribution in [2.45, 2.75) is 13.0 Å². The zero-order valence-corrected chi connectivity index (χ0v) is 7.60. The van der Waals surface area contributed by atoms with Crippen LogP contribution in [-0.2, 0) is 0 Å². The Hall–Kier alpha value is -0.870. The molecule has 0 saturated carbocycles. The molecule has 0 fully saturated rings. The Morgan fingerprint density at radius 1 is 1.83 bits per heavy atom. The van der Waals surface area contributed by atoms with Crippen LogP contribution in [0.5, 0.6) is 0 Å². The van der Waals surface area contributed by atoms with Crippen LogP contribution in [0.15, 0.2) is 17.5 Å². The van der Waals surface area contributed by atoms with Crippen LogP contribution >= 0.6 is 11.3 Å². The van der Waals surface area contributed by atoms with Gasteiger partial charge in [0.15, 0.2) is 0 Å². The third-order valence-electron chi connectivity index (χ3n) is 1.30. The summed E-state index contributed by atoms with van der Waals surface area (Å²) >= 11 is 1.39. The standard InChI is InChI=1S/C8H11NO2S/c1-6(10)5-9-8(11)7-3-2-4-12-7/h2-4,6,10H,5H2,1H3,(H,9,11). The second-order valence-electron chi connectivity index (χ2n) is 2.54. The normalized spacial score (nSPS) is 12.5. The molecule has 1 heterocycles.